The first-order valence-electron chi connectivity index (χ1n) is 5.61. The molecular weight excluding hydrogens is 248 g/mol. The molecule has 0 atom stereocenters. The first-order valence-corrected chi connectivity index (χ1v) is 6.55. The molecule has 0 saturated carbocycles. The molecule has 2 heterocycles. The average molecular weight is 264 g/mol. The summed E-state index contributed by atoms with van der Waals surface area (Å²) in [5.74, 6) is 2.25. The SMILES string of the molecule is CNc1cc(NCc2ccsc2)nc(COC)n1. The van der Waals surface area contributed by atoms with Crippen LogP contribution in [0.3, 0.4) is 0 Å². The Morgan fingerprint density at radius 2 is 2.17 bits per heavy atom. The van der Waals surface area contributed by atoms with Crippen LogP contribution in [0, 0.1) is 0 Å². The van der Waals surface area contributed by atoms with Crippen molar-refractivity contribution in [2.75, 3.05) is 24.8 Å². The van der Waals surface area contributed by atoms with Gasteiger partial charge in [-0.15, -0.1) is 0 Å². The smallest absolute Gasteiger partial charge is 0.158 e. The number of methoxy groups -OCH3 is 1. The van der Waals surface area contributed by atoms with E-state index in [1.807, 2.05) is 13.1 Å². The third kappa shape index (κ3) is 3.41. The van der Waals surface area contributed by atoms with Gasteiger partial charge in [-0.1, -0.05) is 0 Å². The van der Waals surface area contributed by atoms with Crippen molar-refractivity contribution in [1.29, 1.82) is 0 Å². The normalized spacial score (nSPS) is 10.3. The molecule has 96 valence electrons. The fraction of sp³-hybridized carbons (Fsp3) is 0.333. The minimum atomic E-state index is 0.405. The number of nitrogens with zero attached hydrogens (tertiary/aromatic N) is 2. The van der Waals surface area contributed by atoms with E-state index in [4.69, 9.17) is 4.74 Å². The van der Waals surface area contributed by atoms with Gasteiger partial charge in [0.1, 0.15) is 18.2 Å². The quantitative estimate of drug-likeness (QED) is 0.838. The molecule has 6 heteroatoms. The highest BCUT2D eigenvalue weighted by molar-refractivity contribution is 7.07. The van der Waals surface area contributed by atoms with Crippen LogP contribution in [0.5, 0.6) is 0 Å². The van der Waals surface area contributed by atoms with E-state index < -0.39 is 0 Å². The van der Waals surface area contributed by atoms with Gasteiger partial charge in [-0.05, 0) is 22.4 Å². The summed E-state index contributed by atoms with van der Waals surface area (Å²) in [6, 6.07) is 3.97. The number of thiophene rings is 1. The monoisotopic (exact) mass is 264 g/mol. The topological polar surface area (TPSA) is 59.1 Å². The fourth-order valence-corrected chi connectivity index (χ4v) is 2.16. The lowest BCUT2D eigenvalue weighted by Crippen LogP contribution is -2.07. The van der Waals surface area contributed by atoms with E-state index in [2.05, 4.69) is 37.4 Å². The fourth-order valence-electron chi connectivity index (χ4n) is 1.50. The van der Waals surface area contributed by atoms with Gasteiger partial charge in [0.15, 0.2) is 5.82 Å². The van der Waals surface area contributed by atoms with Crippen molar-refractivity contribution in [2.45, 2.75) is 13.2 Å². The molecule has 0 aliphatic heterocycles. The number of aromatic nitrogens is 2. The van der Waals surface area contributed by atoms with Crippen molar-refractivity contribution < 1.29 is 4.74 Å². The van der Waals surface area contributed by atoms with Gasteiger partial charge in [-0.25, -0.2) is 9.97 Å². The van der Waals surface area contributed by atoms with Crippen LogP contribution in [0.1, 0.15) is 11.4 Å². The zero-order valence-electron chi connectivity index (χ0n) is 10.4. The van der Waals surface area contributed by atoms with Crippen LogP contribution >= 0.6 is 11.3 Å². The third-order valence-corrected chi connectivity index (χ3v) is 3.09. The minimum Gasteiger partial charge on any atom is -0.377 e. The molecule has 0 aromatic carbocycles. The second kappa shape index (κ2) is 6.32. The van der Waals surface area contributed by atoms with Crippen molar-refractivity contribution in [3.05, 3.63) is 34.3 Å². The summed E-state index contributed by atoms with van der Waals surface area (Å²) in [5, 5.41) is 10.5. The van der Waals surface area contributed by atoms with E-state index in [0.717, 1.165) is 18.2 Å². The van der Waals surface area contributed by atoms with Crippen molar-refractivity contribution >= 4 is 23.0 Å². The number of nitrogens with one attached hydrogen (secondary N) is 2. The summed E-state index contributed by atoms with van der Waals surface area (Å²) in [6.07, 6.45) is 0. The largest absolute Gasteiger partial charge is 0.377 e. The molecule has 0 saturated heterocycles. The maximum Gasteiger partial charge on any atom is 0.158 e. The summed E-state index contributed by atoms with van der Waals surface area (Å²) in [5.41, 5.74) is 1.25. The van der Waals surface area contributed by atoms with E-state index in [9.17, 15) is 0 Å². The predicted octanol–water partition coefficient (Wildman–Crippen LogP) is 2.34. The number of hydrogen-bond acceptors (Lipinski definition) is 6. The molecule has 0 bridgehead atoms. The molecule has 5 nitrogen and oxygen atoms in total. The number of anilines is 2. The van der Waals surface area contributed by atoms with Gasteiger partial charge in [0, 0.05) is 26.8 Å². The highest BCUT2D eigenvalue weighted by Gasteiger charge is 2.03. The van der Waals surface area contributed by atoms with Crippen molar-refractivity contribution in [3.8, 4) is 0 Å². The lowest BCUT2D eigenvalue weighted by atomic mass is 10.3. The Morgan fingerprint density at radius 3 is 2.83 bits per heavy atom. The highest BCUT2D eigenvalue weighted by atomic mass is 32.1. The van der Waals surface area contributed by atoms with Crippen LogP contribution in [0.2, 0.25) is 0 Å². The number of ether oxygens (including phenoxy) is 1. The van der Waals surface area contributed by atoms with Crippen LogP contribution in [-0.2, 0) is 17.9 Å². The van der Waals surface area contributed by atoms with E-state index in [1.165, 1.54) is 5.56 Å². The van der Waals surface area contributed by atoms with Gasteiger partial charge < -0.3 is 15.4 Å². The Balaban J connectivity index is 2.08. The van der Waals surface area contributed by atoms with Crippen LogP contribution in [0.4, 0.5) is 11.6 Å². The number of hydrogen-bond donors (Lipinski definition) is 2. The summed E-state index contributed by atoms with van der Waals surface area (Å²) in [6.45, 7) is 1.17. The third-order valence-electron chi connectivity index (χ3n) is 2.36. The van der Waals surface area contributed by atoms with Crippen LogP contribution < -0.4 is 10.6 Å². The molecular formula is C12H16N4OS. The Bertz CT molecular complexity index is 487. The van der Waals surface area contributed by atoms with E-state index in [0.29, 0.717) is 12.4 Å². The van der Waals surface area contributed by atoms with Gasteiger partial charge in [0.25, 0.3) is 0 Å². The minimum absolute atomic E-state index is 0.405. The van der Waals surface area contributed by atoms with Gasteiger partial charge in [0.05, 0.1) is 0 Å². The van der Waals surface area contributed by atoms with Gasteiger partial charge in [0.2, 0.25) is 0 Å². The summed E-state index contributed by atoms with van der Waals surface area (Å²) in [7, 11) is 3.47. The lowest BCUT2D eigenvalue weighted by molar-refractivity contribution is 0.178. The number of rotatable bonds is 6. The van der Waals surface area contributed by atoms with Crippen LogP contribution in [0.25, 0.3) is 0 Å². The zero-order valence-corrected chi connectivity index (χ0v) is 11.3. The van der Waals surface area contributed by atoms with E-state index in [-0.39, 0.29) is 0 Å². The average Bonchev–Trinajstić information content (AvgIpc) is 2.89. The first kappa shape index (κ1) is 12.8. The Kier molecular flexibility index (Phi) is 4.49. The Morgan fingerprint density at radius 1 is 1.33 bits per heavy atom. The Labute approximate surface area is 110 Å². The standard InChI is InChI=1S/C12H16N4OS/c1-13-10-5-11(16-12(15-10)7-17-2)14-6-9-3-4-18-8-9/h3-5,8H,6-7H2,1-2H3,(H2,13,14,15,16). The highest BCUT2D eigenvalue weighted by Crippen LogP contribution is 2.13. The van der Waals surface area contributed by atoms with E-state index in [1.54, 1.807) is 18.4 Å². The summed E-state index contributed by atoms with van der Waals surface area (Å²) < 4.78 is 5.05. The second-order valence-corrected chi connectivity index (χ2v) is 4.50. The molecule has 2 N–H and O–H groups in total. The lowest BCUT2D eigenvalue weighted by Gasteiger charge is -2.08. The van der Waals surface area contributed by atoms with Crippen LogP contribution in [-0.4, -0.2) is 24.1 Å². The Hall–Kier alpha value is -1.66. The maximum absolute atomic E-state index is 5.05. The molecule has 0 unspecified atom stereocenters. The molecule has 2 aromatic heterocycles. The van der Waals surface area contributed by atoms with Crippen molar-refractivity contribution in [3.63, 3.8) is 0 Å². The maximum atomic E-state index is 5.05. The zero-order chi connectivity index (χ0) is 12.8. The molecule has 0 spiro atoms. The van der Waals surface area contributed by atoms with Gasteiger partial charge in [-0.2, -0.15) is 11.3 Å². The predicted molar refractivity (Wildman–Crippen MR) is 73.9 cm³/mol. The van der Waals surface area contributed by atoms with Gasteiger partial charge >= 0.3 is 0 Å². The van der Waals surface area contributed by atoms with Crippen LogP contribution in [0.15, 0.2) is 22.9 Å². The summed E-state index contributed by atoms with van der Waals surface area (Å²) in [4.78, 5) is 8.69. The van der Waals surface area contributed by atoms with Crippen molar-refractivity contribution in [2.24, 2.45) is 0 Å². The molecule has 18 heavy (non-hydrogen) atoms. The molecule has 0 amide bonds. The molecule has 2 rings (SSSR count). The molecule has 0 aliphatic rings. The molecule has 2 aromatic rings. The second-order valence-electron chi connectivity index (χ2n) is 3.72. The molecule has 0 fully saturated rings. The van der Waals surface area contributed by atoms with Crippen molar-refractivity contribution in [1.82, 2.24) is 9.97 Å². The van der Waals surface area contributed by atoms with E-state index >= 15 is 0 Å². The molecule has 0 radical (unpaired) electrons. The molecule has 0 aliphatic carbocycles. The van der Waals surface area contributed by atoms with Gasteiger partial charge in [-0.3, -0.25) is 0 Å². The first-order chi connectivity index (χ1) is 8.81. The summed E-state index contributed by atoms with van der Waals surface area (Å²) >= 11 is 1.69.